The molecule has 18 heavy (non-hydrogen) atoms. The van der Waals surface area contributed by atoms with Crippen molar-refractivity contribution in [2.45, 2.75) is 6.42 Å². The van der Waals surface area contributed by atoms with Gasteiger partial charge in [-0.3, -0.25) is 9.59 Å². The molecule has 1 aromatic heterocycles. The molecular formula is C12H13BrN2O2S. The van der Waals surface area contributed by atoms with Gasteiger partial charge in [0.25, 0.3) is 0 Å². The first kappa shape index (κ1) is 13.3. The number of nitrogens with one attached hydrogen (secondary N) is 1. The normalized spacial score (nSPS) is 16.7. The molecule has 2 rings (SSSR count). The number of halogens is 1. The first-order valence-electron chi connectivity index (χ1n) is 5.64. The Morgan fingerprint density at radius 3 is 3.00 bits per heavy atom. The van der Waals surface area contributed by atoms with E-state index in [9.17, 15) is 9.59 Å². The highest BCUT2D eigenvalue weighted by atomic mass is 79.9. The molecule has 96 valence electrons. The van der Waals surface area contributed by atoms with E-state index in [1.54, 1.807) is 28.4 Å². The molecule has 0 radical (unpaired) electrons. The highest BCUT2D eigenvalue weighted by molar-refractivity contribution is 9.11. The van der Waals surface area contributed by atoms with Crippen LogP contribution in [0.5, 0.6) is 0 Å². The number of hydrogen-bond acceptors (Lipinski definition) is 3. The first-order chi connectivity index (χ1) is 8.65. The van der Waals surface area contributed by atoms with Gasteiger partial charge in [0.05, 0.1) is 3.79 Å². The van der Waals surface area contributed by atoms with E-state index < -0.39 is 0 Å². The monoisotopic (exact) mass is 328 g/mol. The first-order valence-corrected chi connectivity index (χ1v) is 7.25. The second kappa shape index (κ2) is 6.15. The fraction of sp³-hybridized carbons (Fsp3) is 0.333. The molecule has 0 spiro atoms. The Bertz CT molecular complexity index is 484. The fourth-order valence-electron chi connectivity index (χ4n) is 1.66. The third-order valence-corrected chi connectivity index (χ3v) is 4.20. The van der Waals surface area contributed by atoms with Crippen LogP contribution in [0.25, 0.3) is 6.08 Å². The standard InChI is InChI=1S/C12H13BrN2O2S/c13-10-3-1-9(18-10)2-4-12(17)15-7-5-11(16)14-6-8-15/h1-4H,5-8H2,(H,14,16)/b4-2+. The van der Waals surface area contributed by atoms with Crippen LogP contribution in [0.3, 0.4) is 0 Å². The van der Waals surface area contributed by atoms with Crippen molar-refractivity contribution >= 4 is 45.2 Å². The Balaban J connectivity index is 1.94. The zero-order valence-electron chi connectivity index (χ0n) is 9.69. The molecule has 1 fully saturated rings. The van der Waals surface area contributed by atoms with Crippen molar-refractivity contribution in [1.29, 1.82) is 0 Å². The summed E-state index contributed by atoms with van der Waals surface area (Å²) in [5.74, 6) is -0.0347. The number of rotatable bonds is 2. The van der Waals surface area contributed by atoms with Gasteiger partial charge in [-0.2, -0.15) is 0 Å². The van der Waals surface area contributed by atoms with Gasteiger partial charge in [0.2, 0.25) is 11.8 Å². The van der Waals surface area contributed by atoms with Crippen molar-refractivity contribution in [2.24, 2.45) is 0 Å². The lowest BCUT2D eigenvalue weighted by atomic mass is 10.3. The van der Waals surface area contributed by atoms with Crippen LogP contribution in [0.15, 0.2) is 22.0 Å². The lowest BCUT2D eigenvalue weighted by Crippen LogP contribution is -2.32. The summed E-state index contributed by atoms with van der Waals surface area (Å²) in [6.45, 7) is 1.59. The predicted octanol–water partition coefficient (Wildman–Crippen LogP) is 1.87. The summed E-state index contributed by atoms with van der Waals surface area (Å²) < 4.78 is 1.04. The SMILES string of the molecule is O=C1CCN(C(=O)/C=C/c2ccc(Br)s2)CCN1. The summed E-state index contributed by atoms with van der Waals surface area (Å²) >= 11 is 4.95. The summed E-state index contributed by atoms with van der Waals surface area (Å²) in [5.41, 5.74) is 0. The molecule has 1 saturated heterocycles. The van der Waals surface area contributed by atoms with Gasteiger partial charge >= 0.3 is 0 Å². The van der Waals surface area contributed by atoms with E-state index in [0.717, 1.165) is 8.66 Å². The lowest BCUT2D eigenvalue weighted by Gasteiger charge is -2.16. The van der Waals surface area contributed by atoms with E-state index in [4.69, 9.17) is 0 Å². The van der Waals surface area contributed by atoms with Crippen LogP contribution in [0.2, 0.25) is 0 Å². The van der Waals surface area contributed by atoms with Crippen molar-refractivity contribution in [1.82, 2.24) is 10.2 Å². The second-order valence-corrected chi connectivity index (χ2v) is 6.40. The lowest BCUT2D eigenvalue weighted by molar-refractivity contribution is -0.125. The molecule has 4 nitrogen and oxygen atoms in total. The molecule has 2 amide bonds. The largest absolute Gasteiger partial charge is 0.354 e. The Morgan fingerprint density at radius 1 is 1.44 bits per heavy atom. The van der Waals surface area contributed by atoms with Crippen LogP contribution in [-0.4, -0.2) is 36.3 Å². The number of thiophene rings is 1. The summed E-state index contributed by atoms with van der Waals surface area (Å²) in [6, 6.07) is 3.90. The Morgan fingerprint density at radius 2 is 2.28 bits per heavy atom. The molecule has 6 heteroatoms. The maximum atomic E-state index is 11.9. The number of carbonyl (C=O) groups is 2. The van der Waals surface area contributed by atoms with E-state index in [2.05, 4.69) is 21.2 Å². The molecule has 1 aliphatic rings. The highest BCUT2D eigenvalue weighted by Crippen LogP contribution is 2.23. The number of nitrogens with zero attached hydrogens (tertiary/aromatic N) is 1. The zero-order chi connectivity index (χ0) is 13.0. The number of amides is 2. The number of carbonyl (C=O) groups excluding carboxylic acids is 2. The maximum Gasteiger partial charge on any atom is 0.246 e. The van der Waals surface area contributed by atoms with Gasteiger partial charge in [0.1, 0.15) is 0 Å². The van der Waals surface area contributed by atoms with Crippen molar-refractivity contribution in [2.75, 3.05) is 19.6 Å². The molecule has 1 N–H and O–H groups in total. The van der Waals surface area contributed by atoms with E-state index in [0.29, 0.717) is 26.1 Å². The molecule has 0 unspecified atom stereocenters. The van der Waals surface area contributed by atoms with Gasteiger partial charge < -0.3 is 10.2 Å². The van der Waals surface area contributed by atoms with Gasteiger partial charge in [0, 0.05) is 37.0 Å². The van der Waals surface area contributed by atoms with Crippen LogP contribution in [-0.2, 0) is 9.59 Å². The molecular weight excluding hydrogens is 316 g/mol. The second-order valence-electron chi connectivity index (χ2n) is 3.90. The highest BCUT2D eigenvalue weighted by Gasteiger charge is 2.16. The van der Waals surface area contributed by atoms with Gasteiger partial charge in [-0.05, 0) is 34.1 Å². The van der Waals surface area contributed by atoms with Crippen LogP contribution >= 0.6 is 27.3 Å². The Labute approximate surface area is 118 Å². The molecule has 0 bridgehead atoms. The Hall–Kier alpha value is -1.14. The smallest absolute Gasteiger partial charge is 0.246 e. The van der Waals surface area contributed by atoms with Crippen LogP contribution in [0.4, 0.5) is 0 Å². The van der Waals surface area contributed by atoms with Crippen LogP contribution < -0.4 is 5.32 Å². The number of hydrogen-bond donors (Lipinski definition) is 1. The van der Waals surface area contributed by atoms with Crippen molar-refractivity contribution in [3.8, 4) is 0 Å². The van der Waals surface area contributed by atoms with Crippen molar-refractivity contribution in [3.63, 3.8) is 0 Å². The average molecular weight is 329 g/mol. The van der Waals surface area contributed by atoms with Crippen molar-refractivity contribution in [3.05, 3.63) is 26.9 Å². The topological polar surface area (TPSA) is 49.4 Å². The maximum absolute atomic E-state index is 11.9. The molecule has 0 aliphatic carbocycles. The van der Waals surface area contributed by atoms with Gasteiger partial charge in [0.15, 0.2) is 0 Å². The summed E-state index contributed by atoms with van der Waals surface area (Å²) in [6.07, 6.45) is 3.75. The van der Waals surface area contributed by atoms with E-state index in [1.807, 2.05) is 12.1 Å². The fourth-order valence-corrected chi connectivity index (χ4v) is 2.99. The van der Waals surface area contributed by atoms with E-state index >= 15 is 0 Å². The molecule has 1 aliphatic heterocycles. The van der Waals surface area contributed by atoms with Crippen molar-refractivity contribution < 1.29 is 9.59 Å². The zero-order valence-corrected chi connectivity index (χ0v) is 12.1. The van der Waals surface area contributed by atoms with E-state index in [-0.39, 0.29) is 11.8 Å². The quantitative estimate of drug-likeness (QED) is 0.842. The third kappa shape index (κ3) is 3.68. The Kier molecular flexibility index (Phi) is 4.54. The average Bonchev–Trinajstić information content (AvgIpc) is 2.63. The summed E-state index contributed by atoms with van der Waals surface area (Å²) in [4.78, 5) is 25.8. The van der Waals surface area contributed by atoms with Crippen LogP contribution in [0, 0.1) is 0 Å². The molecule has 0 atom stereocenters. The molecule has 2 heterocycles. The molecule has 0 aromatic carbocycles. The predicted molar refractivity (Wildman–Crippen MR) is 75.3 cm³/mol. The van der Waals surface area contributed by atoms with E-state index in [1.165, 1.54) is 0 Å². The minimum atomic E-state index is -0.0453. The van der Waals surface area contributed by atoms with Gasteiger partial charge in [-0.15, -0.1) is 11.3 Å². The minimum Gasteiger partial charge on any atom is -0.354 e. The third-order valence-electron chi connectivity index (χ3n) is 2.61. The molecule has 1 aromatic rings. The summed E-state index contributed by atoms with van der Waals surface area (Å²) in [5, 5.41) is 2.75. The summed E-state index contributed by atoms with van der Waals surface area (Å²) in [7, 11) is 0. The van der Waals surface area contributed by atoms with Crippen LogP contribution in [0.1, 0.15) is 11.3 Å². The molecule has 0 saturated carbocycles. The van der Waals surface area contributed by atoms with Gasteiger partial charge in [-0.1, -0.05) is 0 Å². The van der Waals surface area contributed by atoms with Gasteiger partial charge in [-0.25, -0.2) is 0 Å². The minimum absolute atomic E-state index is 0.0106.